The summed E-state index contributed by atoms with van der Waals surface area (Å²) >= 11 is 0. The van der Waals surface area contributed by atoms with E-state index in [1.54, 1.807) is 19.4 Å². The number of carbonyl (C=O) groups excluding carboxylic acids is 1. The van der Waals surface area contributed by atoms with Gasteiger partial charge in [0.2, 0.25) is 17.7 Å². The number of nitrogens with one attached hydrogen (secondary N) is 1. The average molecular weight is 276 g/mol. The maximum Gasteiger partial charge on any atom is 0.228 e. The van der Waals surface area contributed by atoms with E-state index < -0.39 is 0 Å². The van der Waals surface area contributed by atoms with E-state index >= 15 is 0 Å². The van der Waals surface area contributed by atoms with Gasteiger partial charge in [-0.05, 0) is 25.7 Å². The Bertz CT molecular complexity index is 490. The third-order valence-electron chi connectivity index (χ3n) is 3.83. The second-order valence-corrected chi connectivity index (χ2v) is 5.47. The van der Waals surface area contributed by atoms with Crippen LogP contribution in [0.3, 0.4) is 0 Å². The van der Waals surface area contributed by atoms with Crippen LogP contribution in [0.4, 0.5) is 5.95 Å². The molecule has 3 rings (SSSR count). The van der Waals surface area contributed by atoms with Crippen LogP contribution in [0.1, 0.15) is 25.7 Å². The molecule has 0 bridgehead atoms. The first kappa shape index (κ1) is 13.1. The fourth-order valence-electron chi connectivity index (χ4n) is 2.52. The lowest BCUT2D eigenvalue weighted by molar-refractivity contribution is -0.125. The second kappa shape index (κ2) is 5.64. The lowest BCUT2D eigenvalue weighted by atomic mass is 9.97. The molecular formula is C14H20N4O2. The molecule has 1 atom stereocenters. The normalized spacial score (nSPS) is 22.4. The maximum atomic E-state index is 12.1. The van der Waals surface area contributed by atoms with Gasteiger partial charge in [-0.1, -0.05) is 0 Å². The number of carbonyl (C=O) groups is 1. The second-order valence-electron chi connectivity index (χ2n) is 5.47. The van der Waals surface area contributed by atoms with Crippen molar-refractivity contribution in [3.63, 3.8) is 0 Å². The molecule has 0 aromatic carbocycles. The van der Waals surface area contributed by atoms with Crippen LogP contribution in [-0.2, 0) is 4.79 Å². The lowest BCUT2D eigenvalue weighted by Crippen LogP contribution is -2.44. The minimum absolute atomic E-state index is 0.0409. The summed E-state index contributed by atoms with van der Waals surface area (Å²) in [6.45, 7) is 1.58. The summed E-state index contributed by atoms with van der Waals surface area (Å²) in [5.74, 6) is 1.42. The molecule has 0 radical (unpaired) electrons. The van der Waals surface area contributed by atoms with E-state index in [4.69, 9.17) is 4.74 Å². The molecule has 0 spiro atoms. The van der Waals surface area contributed by atoms with Gasteiger partial charge in [-0.3, -0.25) is 4.79 Å². The van der Waals surface area contributed by atoms with Crippen LogP contribution in [0.5, 0.6) is 5.88 Å². The van der Waals surface area contributed by atoms with Gasteiger partial charge in [0.05, 0.1) is 13.0 Å². The van der Waals surface area contributed by atoms with Gasteiger partial charge in [0.15, 0.2) is 0 Å². The first-order valence-corrected chi connectivity index (χ1v) is 7.18. The van der Waals surface area contributed by atoms with E-state index in [9.17, 15) is 4.79 Å². The quantitative estimate of drug-likeness (QED) is 0.888. The van der Waals surface area contributed by atoms with Crippen LogP contribution in [0.15, 0.2) is 12.3 Å². The van der Waals surface area contributed by atoms with Gasteiger partial charge < -0.3 is 15.0 Å². The van der Waals surface area contributed by atoms with Crippen molar-refractivity contribution in [1.29, 1.82) is 0 Å². The number of aromatic nitrogens is 2. The number of nitrogens with zero attached hydrogens (tertiary/aromatic N) is 3. The van der Waals surface area contributed by atoms with Crippen molar-refractivity contribution in [3.05, 3.63) is 12.3 Å². The van der Waals surface area contributed by atoms with Crippen molar-refractivity contribution in [3.8, 4) is 5.88 Å². The van der Waals surface area contributed by atoms with Gasteiger partial charge in [-0.2, -0.15) is 4.98 Å². The first-order chi connectivity index (χ1) is 9.76. The highest BCUT2D eigenvalue weighted by Gasteiger charge is 2.31. The third-order valence-corrected chi connectivity index (χ3v) is 3.83. The van der Waals surface area contributed by atoms with Crippen molar-refractivity contribution in [2.45, 2.75) is 31.7 Å². The van der Waals surface area contributed by atoms with Crippen molar-refractivity contribution in [1.82, 2.24) is 15.3 Å². The summed E-state index contributed by atoms with van der Waals surface area (Å²) in [4.78, 5) is 22.8. The molecule has 1 aliphatic heterocycles. The highest BCUT2D eigenvalue weighted by molar-refractivity contribution is 5.80. The third kappa shape index (κ3) is 3.00. The highest BCUT2D eigenvalue weighted by Crippen LogP contribution is 2.24. The molecule has 1 aromatic heterocycles. The zero-order valence-electron chi connectivity index (χ0n) is 11.7. The van der Waals surface area contributed by atoms with Gasteiger partial charge in [0.1, 0.15) is 0 Å². The Morgan fingerprint density at radius 3 is 3.05 bits per heavy atom. The summed E-state index contributed by atoms with van der Waals surface area (Å²) in [7, 11) is 1.59. The van der Waals surface area contributed by atoms with Crippen LogP contribution in [0.2, 0.25) is 0 Å². The fourth-order valence-corrected chi connectivity index (χ4v) is 2.52. The molecule has 1 aromatic rings. The number of ether oxygens (including phenoxy) is 1. The molecule has 1 amide bonds. The van der Waals surface area contributed by atoms with Crippen LogP contribution in [-0.4, -0.2) is 42.1 Å². The smallest absolute Gasteiger partial charge is 0.228 e. The van der Waals surface area contributed by atoms with Crippen molar-refractivity contribution in [2.75, 3.05) is 25.1 Å². The van der Waals surface area contributed by atoms with Gasteiger partial charge in [-0.15, -0.1) is 0 Å². The van der Waals surface area contributed by atoms with Crippen molar-refractivity contribution in [2.24, 2.45) is 5.92 Å². The molecule has 6 nitrogen and oxygen atoms in total. The highest BCUT2D eigenvalue weighted by atomic mass is 16.5. The number of hydrogen-bond donors (Lipinski definition) is 1. The number of rotatable bonds is 4. The largest absolute Gasteiger partial charge is 0.481 e. The Morgan fingerprint density at radius 2 is 2.30 bits per heavy atom. The van der Waals surface area contributed by atoms with Gasteiger partial charge >= 0.3 is 0 Å². The fraction of sp³-hybridized carbons (Fsp3) is 0.643. The molecule has 1 aliphatic carbocycles. The average Bonchev–Trinajstić information content (AvgIpc) is 3.31. The number of hydrogen-bond acceptors (Lipinski definition) is 5. The zero-order valence-corrected chi connectivity index (χ0v) is 11.7. The minimum Gasteiger partial charge on any atom is -0.481 e. The van der Waals surface area contributed by atoms with E-state index in [1.165, 1.54) is 0 Å². The first-order valence-electron chi connectivity index (χ1n) is 7.18. The van der Waals surface area contributed by atoms with Crippen LogP contribution in [0.25, 0.3) is 0 Å². The maximum absolute atomic E-state index is 12.1. The molecule has 1 unspecified atom stereocenters. The van der Waals surface area contributed by atoms with Crippen LogP contribution < -0.4 is 15.0 Å². The molecule has 6 heteroatoms. The van der Waals surface area contributed by atoms with Crippen LogP contribution >= 0.6 is 0 Å². The molecule has 2 heterocycles. The summed E-state index contributed by atoms with van der Waals surface area (Å²) < 4.78 is 5.12. The Hall–Kier alpha value is -1.85. The Balaban J connectivity index is 1.65. The number of amides is 1. The Kier molecular flexibility index (Phi) is 3.71. The molecule has 1 saturated heterocycles. The predicted octanol–water partition coefficient (Wildman–Crippen LogP) is 0.980. The number of anilines is 1. The van der Waals surface area contributed by atoms with E-state index in [0.29, 0.717) is 24.4 Å². The monoisotopic (exact) mass is 276 g/mol. The van der Waals surface area contributed by atoms with Gasteiger partial charge in [0, 0.05) is 31.4 Å². The summed E-state index contributed by atoms with van der Waals surface area (Å²) in [6, 6.07) is 2.15. The summed E-state index contributed by atoms with van der Waals surface area (Å²) in [5.41, 5.74) is 0. The SMILES string of the molecule is COc1ccnc(N2CCCC(C(=O)NC3CC3)C2)n1. The van der Waals surface area contributed by atoms with Gasteiger partial charge in [0.25, 0.3) is 0 Å². The molecule has 2 aliphatic rings. The van der Waals surface area contributed by atoms with Crippen LogP contribution in [0, 0.1) is 5.92 Å². The molecular weight excluding hydrogens is 256 g/mol. The van der Waals surface area contributed by atoms with Crippen molar-refractivity contribution >= 4 is 11.9 Å². The molecule has 1 saturated carbocycles. The number of methoxy groups -OCH3 is 1. The van der Waals surface area contributed by atoms with E-state index in [1.807, 2.05) is 0 Å². The summed E-state index contributed by atoms with van der Waals surface area (Å²) in [5, 5.41) is 3.09. The lowest BCUT2D eigenvalue weighted by Gasteiger charge is -2.32. The topological polar surface area (TPSA) is 67.3 Å². The zero-order chi connectivity index (χ0) is 13.9. The summed E-state index contributed by atoms with van der Waals surface area (Å²) in [6.07, 6.45) is 5.87. The van der Waals surface area contributed by atoms with Gasteiger partial charge in [-0.25, -0.2) is 4.98 Å². The van der Waals surface area contributed by atoms with Crippen molar-refractivity contribution < 1.29 is 9.53 Å². The van der Waals surface area contributed by atoms with E-state index in [-0.39, 0.29) is 11.8 Å². The molecule has 108 valence electrons. The van der Waals surface area contributed by atoms with E-state index in [2.05, 4.69) is 20.2 Å². The predicted molar refractivity (Wildman–Crippen MR) is 74.7 cm³/mol. The Morgan fingerprint density at radius 1 is 1.45 bits per heavy atom. The molecule has 20 heavy (non-hydrogen) atoms. The standard InChI is InChI=1S/C14H20N4O2/c1-20-12-6-7-15-14(17-12)18-8-2-3-10(9-18)13(19)16-11-4-5-11/h6-7,10-11H,2-5,8-9H2,1H3,(H,16,19). The number of piperidine rings is 1. The Labute approximate surface area is 118 Å². The molecule has 1 N–H and O–H groups in total. The minimum atomic E-state index is 0.0409. The molecule has 2 fully saturated rings. The van der Waals surface area contributed by atoms with E-state index in [0.717, 1.165) is 32.2 Å².